The van der Waals surface area contributed by atoms with Crippen LogP contribution in [-0.4, -0.2) is 58.0 Å². The maximum absolute atomic E-state index is 13.2. The Morgan fingerprint density at radius 2 is 1.80 bits per heavy atom. The van der Waals surface area contributed by atoms with Crippen LogP contribution in [0.2, 0.25) is 0 Å². The summed E-state index contributed by atoms with van der Waals surface area (Å²) in [5, 5.41) is 11.6. The van der Waals surface area contributed by atoms with E-state index in [4.69, 9.17) is 4.99 Å². The molecule has 2 fully saturated rings. The highest BCUT2D eigenvalue weighted by Crippen LogP contribution is 2.40. The summed E-state index contributed by atoms with van der Waals surface area (Å²) < 4.78 is 14.9. The number of benzene rings is 2. The summed E-state index contributed by atoms with van der Waals surface area (Å²) in [4.78, 5) is 9.71. The van der Waals surface area contributed by atoms with E-state index >= 15 is 0 Å². The van der Waals surface area contributed by atoms with Crippen LogP contribution >= 0.6 is 0 Å². The summed E-state index contributed by atoms with van der Waals surface area (Å²) in [7, 11) is 0. The minimum atomic E-state index is -0.169. The van der Waals surface area contributed by atoms with E-state index in [1.165, 1.54) is 17.8 Å². The minimum absolute atomic E-state index is 0.169. The molecule has 0 amide bonds. The largest absolute Gasteiger partial charge is 0.358 e. The van der Waals surface area contributed by atoms with Gasteiger partial charge in [0.2, 0.25) is 0 Å². The highest BCUT2D eigenvalue weighted by atomic mass is 19.1. The van der Waals surface area contributed by atoms with Crippen LogP contribution in [-0.2, 0) is 0 Å². The number of aromatic nitrogens is 3. The van der Waals surface area contributed by atoms with Gasteiger partial charge in [0.25, 0.3) is 0 Å². The molecule has 3 heterocycles. The molecule has 8 heteroatoms. The Hall–Kier alpha value is -3.52. The molecule has 2 aromatic carbocycles. The molecule has 2 aliphatic heterocycles. The van der Waals surface area contributed by atoms with Crippen LogP contribution in [0.4, 0.5) is 10.1 Å². The Labute approximate surface area is 205 Å². The first-order valence-electron chi connectivity index (χ1n) is 12.5. The summed E-state index contributed by atoms with van der Waals surface area (Å²) in [6.07, 6.45) is 10.1. The zero-order chi connectivity index (χ0) is 23.6. The van der Waals surface area contributed by atoms with Gasteiger partial charge in [0.1, 0.15) is 11.7 Å². The monoisotopic (exact) mass is 471 g/mol. The number of allylic oxidation sites excluding steroid dienone is 1. The first kappa shape index (κ1) is 22.0. The van der Waals surface area contributed by atoms with Gasteiger partial charge >= 0.3 is 0 Å². The third-order valence-corrected chi connectivity index (χ3v) is 7.08. The Bertz CT molecular complexity index is 1200. The third-order valence-electron chi connectivity index (χ3n) is 7.08. The molecular weight excluding hydrogens is 441 g/mol. The summed E-state index contributed by atoms with van der Waals surface area (Å²) in [5.74, 6) is 1.51. The second kappa shape index (κ2) is 9.62. The SMILES string of the molecule is Fc1ccc([C@@H]2C[C@H]2NCCCC2=CN(c3ccc(-n4ccnn4)cc3)CC(N3CCC3)=N2)cc1. The number of nitrogens with one attached hydrogen (secondary N) is 1. The highest BCUT2D eigenvalue weighted by molar-refractivity contribution is 5.90. The molecule has 1 aromatic heterocycles. The van der Waals surface area contributed by atoms with Crippen molar-refractivity contribution in [2.75, 3.05) is 31.1 Å². The summed E-state index contributed by atoms with van der Waals surface area (Å²) >= 11 is 0. The van der Waals surface area contributed by atoms with Gasteiger partial charge in [-0.25, -0.2) is 14.1 Å². The average molecular weight is 472 g/mol. The van der Waals surface area contributed by atoms with Crippen LogP contribution in [0, 0.1) is 5.82 Å². The maximum Gasteiger partial charge on any atom is 0.124 e. The normalized spacial score (nSPS) is 21.4. The van der Waals surface area contributed by atoms with E-state index in [0.29, 0.717) is 12.0 Å². The van der Waals surface area contributed by atoms with Gasteiger partial charge in [-0.2, -0.15) is 0 Å². The number of likely N-dealkylation sites (tertiary alicyclic amines) is 1. The van der Waals surface area contributed by atoms with Gasteiger partial charge in [0, 0.05) is 36.9 Å². The van der Waals surface area contributed by atoms with Crippen LogP contribution in [0.25, 0.3) is 5.69 Å². The number of hydrogen-bond acceptors (Lipinski definition) is 6. The molecule has 180 valence electrons. The van der Waals surface area contributed by atoms with Crippen molar-refractivity contribution in [3.8, 4) is 5.69 Å². The summed E-state index contributed by atoms with van der Waals surface area (Å²) in [5.41, 5.74) is 4.51. The Kier molecular flexibility index (Phi) is 6.04. The molecule has 0 bridgehead atoms. The number of aliphatic imine (C=N–C) groups is 1. The highest BCUT2D eigenvalue weighted by Gasteiger charge is 2.37. The lowest BCUT2D eigenvalue weighted by molar-refractivity contribution is 0.295. The molecule has 3 aromatic rings. The molecule has 7 nitrogen and oxygen atoms in total. The van der Waals surface area contributed by atoms with Crippen molar-refractivity contribution < 1.29 is 4.39 Å². The van der Waals surface area contributed by atoms with E-state index in [1.807, 2.05) is 18.3 Å². The van der Waals surface area contributed by atoms with Crippen molar-refractivity contribution in [3.05, 3.63) is 84.2 Å². The zero-order valence-corrected chi connectivity index (χ0v) is 19.7. The maximum atomic E-state index is 13.2. The van der Waals surface area contributed by atoms with Crippen LogP contribution in [0.5, 0.6) is 0 Å². The van der Waals surface area contributed by atoms with Crippen LogP contribution in [0.3, 0.4) is 0 Å². The van der Waals surface area contributed by atoms with Gasteiger partial charge in [-0.15, -0.1) is 5.10 Å². The molecule has 1 saturated carbocycles. The molecule has 2 atom stereocenters. The van der Waals surface area contributed by atoms with Gasteiger partial charge in [-0.05, 0) is 74.2 Å². The molecule has 35 heavy (non-hydrogen) atoms. The predicted molar refractivity (Wildman–Crippen MR) is 135 cm³/mol. The van der Waals surface area contributed by atoms with Crippen molar-refractivity contribution in [1.29, 1.82) is 0 Å². The zero-order valence-electron chi connectivity index (χ0n) is 19.7. The van der Waals surface area contributed by atoms with Gasteiger partial charge in [-0.1, -0.05) is 17.3 Å². The molecular formula is C27H30FN7. The smallest absolute Gasteiger partial charge is 0.124 e. The van der Waals surface area contributed by atoms with Crippen molar-refractivity contribution >= 4 is 11.5 Å². The Morgan fingerprint density at radius 1 is 1.00 bits per heavy atom. The first-order valence-corrected chi connectivity index (χ1v) is 12.5. The van der Waals surface area contributed by atoms with Crippen molar-refractivity contribution in [2.45, 2.75) is 37.6 Å². The first-order chi connectivity index (χ1) is 17.2. The predicted octanol–water partition coefficient (Wildman–Crippen LogP) is 4.10. The number of halogens is 1. The van der Waals surface area contributed by atoms with Crippen LogP contribution in [0.15, 0.2) is 77.8 Å². The lowest BCUT2D eigenvalue weighted by Gasteiger charge is -2.38. The third kappa shape index (κ3) is 4.98. The molecule has 3 aliphatic rings. The quantitative estimate of drug-likeness (QED) is 0.502. The van der Waals surface area contributed by atoms with E-state index in [0.717, 1.165) is 62.5 Å². The van der Waals surface area contributed by atoms with Crippen molar-refractivity contribution in [2.24, 2.45) is 4.99 Å². The van der Waals surface area contributed by atoms with E-state index in [2.05, 4.69) is 55.9 Å². The fraction of sp³-hybridized carbons (Fsp3) is 0.370. The molecule has 1 aliphatic carbocycles. The fourth-order valence-electron chi connectivity index (χ4n) is 4.84. The van der Waals surface area contributed by atoms with E-state index in [9.17, 15) is 4.39 Å². The lowest BCUT2D eigenvalue weighted by atomic mass is 10.1. The number of anilines is 1. The van der Waals surface area contributed by atoms with Crippen molar-refractivity contribution in [1.82, 2.24) is 25.2 Å². The summed E-state index contributed by atoms with van der Waals surface area (Å²) in [6.45, 7) is 3.95. The molecule has 0 spiro atoms. The number of hydrogen-bond donors (Lipinski definition) is 1. The molecule has 1 saturated heterocycles. The fourth-order valence-corrected chi connectivity index (χ4v) is 4.84. The number of amidine groups is 1. The van der Waals surface area contributed by atoms with Crippen LogP contribution < -0.4 is 10.2 Å². The Balaban J connectivity index is 1.06. The molecule has 6 rings (SSSR count). The van der Waals surface area contributed by atoms with Crippen LogP contribution in [0.1, 0.15) is 37.2 Å². The topological polar surface area (TPSA) is 61.6 Å². The minimum Gasteiger partial charge on any atom is -0.358 e. The van der Waals surface area contributed by atoms with Gasteiger partial charge in [0.05, 0.1) is 30.3 Å². The van der Waals surface area contributed by atoms with Gasteiger partial charge in [-0.3, -0.25) is 0 Å². The number of rotatable bonds is 8. The molecule has 1 N–H and O–H groups in total. The average Bonchev–Trinajstić information content (AvgIpc) is 3.40. The summed E-state index contributed by atoms with van der Waals surface area (Å²) in [6, 6.07) is 15.8. The lowest BCUT2D eigenvalue weighted by Crippen LogP contribution is -2.47. The second-order valence-corrected chi connectivity index (χ2v) is 9.54. The van der Waals surface area contributed by atoms with Gasteiger partial charge in [0.15, 0.2) is 0 Å². The molecule has 0 radical (unpaired) electrons. The number of nitrogens with zero attached hydrogens (tertiary/aromatic N) is 6. The standard InChI is InChI=1S/C27H30FN7/c28-21-6-4-20(5-7-21)25-17-26(25)29-12-1-3-22-18-34(19-27(31-22)33-14-2-15-33)23-8-10-24(11-9-23)35-16-13-30-32-35/h4-11,13,16,18,25-26,29H,1-3,12,14-15,17,19H2/t25-,26+/m0/s1. The van der Waals surface area contributed by atoms with E-state index in [-0.39, 0.29) is 5.82 Å². The van der Waals surface area contributed by atoms with E-state index < -0.39 is 0 Å². The van der Waals surface area contributed by atoms with E-state index in [1.54, 1.807) is 23.0 Å². The van der Waals surface area contributed by atoms with Crippen molar-refractivity contribution in [3.63, 3.8) is 0 Å². The Morgan fingerprint density at radius 3 is 2.51 bits per heavy atom. The molecule has 0 unspecified atom stereocenters. The second-order valence-electron chi connectivity index (χ2n) is 9.54. The van der Waals surface area contributed by atoms with Gasteiger partial charge < -0.3 is 15.1 Å².